The Morgan fingerprint density at radius 2 is 1.52 bits per heavy atom. The van der Waals surface area contributed by atoms with Gasteiger partial charge in [0.2, 0.25) is 5.91 Å². The molecule has 1 amide bonds. The summed E-state index contributed by atoms with van der Waals surface area (Å²) in [6.07, 6.45) is 0. The number of ether oxygens (including phenoxy) is 1. The fraction of sp³-hybridized carbons (Fsp3) is 0.174. The largest absolute Gasteiger partial charge is 0.494 e. The van der Waals surface area contributed by atoms with Crippen LogP contribution in [-0.2, 0) is 14.8 Å². The maximum absolute atomic E-state index is 13.4. The van der Waals surface area contributed by atoms with Crippen molar-refractivity contribution < 1.29 is 17.9 Å². The molecule has 0 radical (unpaired) electrons. The van der Waals surface area contributed by atoms with Crippen molar-refractivity contribution in [2.45, 2.75) is 11.8 Å². The van der Waals surface area contributed by atoms with E-state index < -0.39 is 10.0 Å². The van der Waals surface area contributed by atoms with Gasteiger partial charge < -0.3 is 9.64 Å². The molecule has 0 saturated heterocycles. The second-order valence-corrected chi connectivity index (χ2v) is 8.98. The highest BCUT2D eigenvalue weighted by molar-refractivity contribution is 7.92. The third-order valence-electron chi connectivity index (χ3n) is 4.63. The Balaban J connectivity index is 1.97. The van der Waals surface area contributed by atoms with E-state index in [1.807, 2.05) is 25.1 Å². The second kappa shape index (κ2) is 9.85. The maximum atomic E-state index is 13.4. The van der Waals surface area contributed by atoms with Gasteiger partial charge in [-0.3, -0.25) is 9.10 Å². The first-order valence-electron chi connectivity index (χ1n) is 9.65. The molecule has 0 fully saturated rings. The van der Waals surface area contributed by atoms with Crippen molar-refractivity contribution in [3.63, 3.8) is 0 Å². The van der Waals surface area contributed by atoms with E-state index >= 15 is 0 Å². The number of rotatable bonds is 8. The van der Waals surface area contributed by atoms with Crippen LogP contribution < -0.4 is 13.9 Å². The first-order chi connectivity index (χ1) is 14.8. The Kier molecular flexibility index (Phi) is 7.20. The van der Waals surface area contributed by atoms with Crippen LogP contribution in [0.2, 0.25) is 5.02 Å². The summed E-state index contributed by atoms with van der Waals surface area (Å²) in [6, 6.07) is 21.5. The molecule has 0 bridgehead atoms. The molecular weight excluding hydrogens is 436 g/mol. The zero-order valence-electron chi connectivity index (χ0n) is 17.2. The Bertz CT molecular complexity index is 1120. The highest BCUT2D eigenvalue weighted by atomic mass is 35.5. The van der Waals surface area contributed by atoms with E-state index in [9.17, 15) is 13.2 Å². The summed E-state index contributed by atoms with van der Waals surface area (Å²) in [5.41, 5.74) is 1.02. The van der Waals surface area contributed by atoms with Crippen LogP contribution >= 0.6 is 11.6 Å². The van der Waals surface area contributed by atoms with Gasteiger partial charge in [-0.1, -0.05) is 29.8 Å². The lowest BCUT2D eigenvalue weighted by molar-refractivity contribution is -0.116. The molecular formula is C23H23ClN2O4S. The normalized spacial score (nSPS) is 11.1. The Hall–Kier alpha value is -3.03. The lowest BCUT2D eigenvalue weighted by Gasteiger charge is -2.27. The standard InChI is InChI=1S/C23H23ClN2O4S/c1-3-30-21-13-11-20(12-14-21)26(31(28,29)22-15-9-18(24)10-16-22)17-23(27)25(2)19-7-5-4-6-8-19/h4-16H,3,17H2,1-2H3. The first kappa shape index (κ1) is 22.7. The fourth-order valence-electron chi connectivity index (χ4n) is 2.95. The number of halogens is 1. The third-order valence-corrected chi connectivity index (χ3v) is 6.67. The molecule has 0 atom stereocenters. The van der Waals surface area contributed by atoms with Gasteiger partial charge in [0.05, 0.1) is 17.2 Å². The summed E-state index contributed by atoms with van der Waals surface area (Å²) in [4.78, 5) is 14.5. The Morgan fingerprint density at radius 1 is 0.903 bits per heavy atom. The number of amides is 1. The molecule has 3 rings (SSSR count). The summed E-state index contributed by atoms with van der Waals surface area (Å²) in [6.45, 7) is 1.99. The van der Waals surface area contributed by atoms with Gasteiger partial charge in [-0.25, -0.2) is 8.42 Å². The van der Waals surface area contributed by atoms with Gasteiger partial charge in [0.1, 0.15) is 12.3 Å². The second-order valence-electron chi connectivity index (χ2n) is 6.68. The van der Waals surface area contributed by atoms with E-state index in [1.165, 1.54) is 29.2 Å². The van der Waals surface area contributed by atoms with Crippen LogP contribution in [0.1, 0.15) is 6.92 Å². The van der Waals surface area contributed by atoms with Crippen molar-refractivity contribution in [3.8, 4) is 5.75 Å². The van der Waals surface area contributed by atoms with Crippen molar-refractivity contribution in [2.75, 3.05) is 29.4 Å². The molecule has 6 nitrogen and oxygen atoms in total. The molecule has 0 N–H and O–H groups in total. The highest BCUT2D eigenvalue weighted by Crippen LogP contribution is 2.27. The van der Waals surface area contributed by atoms with Crippen LogP contribution in [-0.4, -0.2) is 34.5 Å². The van der Waals surface area contributed by atoms with Crippen molar-refractivity contribution in [3.05, 3.63) is 83.9 Å². The number of nitrogens with zero attached hydrogens (tertiary/aromatic N) is 2. The smallest absolute Gasteiger partial charge is 0.264 e. The minimum atomic E-state index is -4.02. The quantitative estimate of drug-likeness (QED) is 0.495. The summed E-state index contributed by atoms with van der Waals surface area (Å²) in [5.74, 6) is 0.237. The SMILES string of the molecule is CCOc1ccc(N(CC(=O)N(C)c2ccccc2)S(=O)(=O)c2ccc(Cl)cc2)cc1. The van der Waals surface area contributed by atoms with E-state index in [0.717, 1.165) is 4.31 Å². The minimum Gasteiger partial charge on any atom is -0.494 e. The fourth-order valence-corrected chi connectivity index (χ4v) is 4.49. The molecule has 0 aromatic heterocycles. The first-order valence-corrected chi connectivity index (χ1v) is 11.5. The molecule has 8 heteroatoms. The number of carbonyl (C=O) groups is 1. The van der Waals surface area contributed by atoms with E-state index in [1.54, 1.807) is 43.4 Å². The molecule has 0 saturated carbocycles. The van der Waals surface area contributed by atoms with Gasteiger partial charge in [0.25, 0.3) is 10.0 Å². The van der Waals surface area contributed by atoms with Gasteiger partial charge in [-0.05, 0) is 67.6 Å². The molecule has 0 heterocycles. The number of carbonyl (C=O) groups excluding carboxylic acids is 1. The highest BCUT2D eigenvalue weighted by Gasteiger charge is 2.28. The van der Waals surface area contributed by atoms with Crippen LogP contribution in [0.25, 0.3) is 0 Å². The topological polar surface area (TPSA) is 66.9 Å². The summed E-state index contributed by atoms with van der Waals surface area (Å²) >= 11 is 5.92. The van der Waals surface area contributed by atoms with Crippen molar-refractivity contribution in [1.82, 2.24) is 0 Å². The van der Waals surface area contributed by atoms with E-state index in [4.69, 9.17) is 16.3 Å². The average Bonchev–Trinajstić information content (AvgIpc) is 2.78. The number of hydrogen-bond acceptors (Lipinski definition) is 4. The van der Waals surface area contributed by atoms with Crippen LogP contribution in [0, 0.1) is 0 Å². The summed E-state index contributed by atoms with van der Waals surface area (Å²) in [5, 5.41) is 0.423. The van der Waals surface area contributed by atoms with Gasteiger partial charge >= 0.3 is 0 Å². The van der Waals surface area contributed by atoms with Gasteiger partial charge in [-0.15, -0.1) is 0 Å². The number of hydrogen-bond donors (Lipinski definition) is 0. The predicted molar refractivity (Wildman–Crippen MR) is 123 cm³/mol. The number of likely N-dealkylation sites (N-methyl/N-ethyl adjacent to an activating group) is 1. The zero-order chi connectivity index (χ0) is 22.4. The molecule has 0 spiro atoms. The van der Waals surface area contributed by atoms with Crippen LogP contribution in [0.5, 0.6) is 5.75 Å². The molecule has 0 unspecified atom stereocenters. The summed E-state index contributed by atoms with van der Waals surface area (Å²) < 4.78 is 33.4. The van der Waals surface area contributed by atoms with Gasteiger partial charge in [-0.2, -0.15) is 0 Å². The van der Waals surface area contributed by atoms with Crippen LogP contribution in [0.15, 0.2) is 83.8 Å². The lowest BCUT2D eigenvalue weighted by atomic mass is 10.3. The average molecular weight is 459 g/mol. The van der Waals surface area contributed by atoms with Gasteiger partial charge in [0.15, 0.2) is 0 Å². The van der Waals surface area contributed by atoms with E-state index in [2.05, 4.69) is 0 Å². The number of para-hydroxylation sites is 1. The van der Waals surface area contributed by atoms with Crippen LogP contribution in [0.3, 0.4) is 0 Å². The Labute approximate surface area is 187 Å². The molecule has 3 aromatic rings. The maximum Gasteiger partial charge on any atom is 0.264 e. The molecule has 0 aliphatic rings. The molecule has 0 aliphatic carbocycles. The number of sulfonamides is 1. The van der Waals surface area contributed by atoms with Crippen molar-refractivity contribution in [2.24, 2.45) is 0 Å². The van der Waals surface area contributed by atoms with Crippen LogP contribution in [0.4, 0.5) is 11.4 Å². The monoisotopic (exact) mass is 458 g/mol. The number of anilines is 2. The van der Waals surface area contributed by atoms with E-state index in [0.29, 0.717) is 28.8 Å². The Morgan fingerprint density at radius 3 is 2.10 bits per heavy atom. The van der Waals surface area contributed by atoms with E-state index in [-0.39, 0.29) is 17.3 Å². The molecule has 162 valence electrons. The predicted octanol–water partition coefficient (Wildman–Crippen LogP) is 4.60. The zero-order valence-corrected chi connectivity index (χ0v) is 18.8. The third kappa shape index (κ3) is 5.37. The molecule has 0 aliphatic heterocycles. The molecule has 31 heavy (non-hydrogen) atoms. The van der Waals surface area contributed by atoms with Crippen molar-refractivity contribution in [1.29, 1.82) is 0 Å². The van der Waals surface area contributed by atoms with Crippen molar-refractivity contribution >= 4 is 38.9 Å². The number of benzene rings is 3. The minimum absolute atomic E-state index is 0.0425. The molecule has 3 aromatic carbocycles. The van der Waals surface area contributed by atoms with Gasteiger partial charge in [0, 0.05) is 17.8 Å². The lowest BCUT2D eigenvalue weighted by Crippen LogP contribution is -2.41. The summed E-state index contributed by atoms with van der Waals surface area (Å²) in [7, 11) is -2.41.